The highest BCUT2D eigenvalue weighted by molar-refractivity contribution is 7.13. The number of pyridine rings is 1. The van der Waals surface area contributed by atoms with Gasteiger partial charge in [0.25, 0.3) is 5.91 Å². The summed E-state index contributed by atoms with van der Waals surface area (Å²) >= 11 is 1.42. The number of carbonyl (C=O) groups excluding carboxylic acids is 1. The molecule has 4 rings (SSSR count). The van der Waals surface area contributed by atoms with Crippen molar-refractivity contribution in [1.82, 2.24) is 25.1 Å². The fourth-order valence-corrected chi connectivity index (χ4v) is 3.69. The smallest absolute Gasteiger partial charge is 0.271 e. The van der Waals surface area contributed by atoms with E-state index in [-0.39, 0.29) is 11.9 Å². The molecule has 3 heterocycles. The van der Waals surface area contributed by atoms with Gasteiger partial charge < -0.3 is 10.1 Å². The summed E-state index contributed by atoms with van der Waals surface area (Å²) < 4.78 is 7.54. The van der Waals surface area contributed by atoms with Crippen LogP contribution in [0.4, 0.5) is 0 Å². The third kappa shape index (κ3) is 4.72. The van der Waals surface area contributed by atoms with E-state index in [4.69, 9.17) is 4.74 Å². The maximum absolute atomic E-state index is 12.6. The zero-order valence-electron chi connectivity index (χ0n) is 16.6. The Morgan fingerprint density at radius 2 is 2.17 bits per heavy atom. The van der Waals surface area contributed by atoms with Crippen molar-refractivity contribution in [1.29, 1.82) is 0 Å². The van der Waals surface area contributed by atoms with E-state index in [1.165, 1.54) is 11.3 Å². The van der Waals surface area contributed by atoms with Crippen molar-refractivity contribution < 1.29 is 9.53 Å². The van der Waals surface area contributed by atoms with Crippen LogP contribution in [0.5, 0.6) is 5.75 Å². The SMILES string of the molecule is CC(NC(=O)c1csc(-c2cnn(C)c2)n1)c1cccc(OCc2ccccn2)c1. The summed E-state index contributed by atoms with van der Waals surface area (Å²) in [6.07, 6.45) is 5.35. The standard InChI is InChI=1S/C22H21N5O2S/c1-15(16-6-5-8-19(10-16)29-13-18-7-3-4-9-23-18)25-21(28)20-14-30-22(26-20)17-11-24-27(2)12-17/h3-12,14-15H,13H2,1-2H3,(H,25,28). The van der Waals surface area contributed by atoms with E-state index in [1.807, 2.05) is 62.6 Å². The predicted octanol–water partition coefficient (Wildman–Crippen LogP) is 4.01. The molecule has 3 aromatic heterocycles. The lowest BCUT2D eigenvalue weighted by Crippen LogP contribution is -2.26. The molecule has 0 saturated carbocycles. The number of aryl methyl sites for hydroxylation is 1. The molecule has 152 valence electrons. The molecule has 30 heavy (non-hydrogen) atoms. The molecule has 1 unspecified atom stereocenters. The molecular weight excluding hydrogens is 398 g/mol. The van der Waals surface area contributed by atoms with Gasteiger partial charge in [0.2, 0.25) is 0 Å². The zero-order valence-corrected chi connectivity index (χ0v) is 17.5. The molecule has 8 heteroatoms. The normalized spacial score (nSPS) is 11.8. The lowest BCUT2D eigenvalue weighted by Gasteiger charge is -2.15. The van der Waals surface area contributed by atoms with Crippen LogP contribution in [-0.2, 0) is 13.7 Å². The van der Waals surface area contributed by atoms with Gasteiger partial charge in [-0.2, -0.15) is 5.10 Å². The number of hydrogen-bond acceptors (Lipinski definition) is 6. The Labute approximate surface area is 178 Å². The number of thiazole rings is 1. The molecule has 0 bridgehead atoms. The van der Waals surface area contributed by atoms with Gasteiger partial charge in [-0.05, 0) is 36.8 Å². The third-order valence-electron chi connectivity index (χ3n) is 4.51. The van der Waals surface area contributed by atoms with E-state index < -0.39 is 0 Å². The van der Waals surface area contributed by atoms with Crippen molar-refractivity contribution in [2.45, 2.75) is 19.6 Å². The van der Waals surface area contributed by atoms with Crippen molar-refractivity contribution in [3.63, 3.8) is 0 Å². The number of ether oxygens (including phenoxy) is 1. The molecule has 1 amide bonds. The summed E-state index contributed by atoms with van der Waals surface area (Å²) in [6.45, 7) is 2.32. The Morgan fingerprint density at radius 3 is 2.93 bits per heavy atom. The van der Waals surface area contributed by atoms with Crippen LogP contribution in [0, 0.1) is 0 Å². The molecule has 0 aliphatic carbocycles. The number of amides is 1. The molecule has 0 aliphatic rings. The lowest BCUT2D eigenvalue weighted by atomic mass is 10.1. The van der Waals surface area contributed by atoms with E-state index in [0.717, 1.165) is 27.6 Å². The molecule has 0 aliphatic heterocycles. The number of nitrogens with one attached hydrogen (secondary N) is 1. The second kappa shape index (κ2) is 8.87. The number of hydrogen-bond donors (Lipinski definition) is 1. The van der Waals surface area contributed by atoms with Gasteiger partial charge in [0.1, 0.15) is 23.1 Å². The van der Waals surface area contributed by atoms with Crippen LogP contribution in [0.3, 0.4) is 0 Å². The number of benzene rings is 1. The molecule has 7 nitrogen and oxygen atoms in total. The molecule has 0 spiro atoms. The average Bonchev–Trinajstić information content (AvgIpc) is 3.42. The first kappa shape index (κ1) is 19.8. The van der Waals surface area contributed by atoms with Crippen molar-refractivity contribution in [2.75, 3.05) is 0 Å². The number of rotatable bonds is 7. The minimum absolute atomic E-state index is 0.195. The molecule has 0 radical (unpaired) electrons. The van der Waals surface area contributed by atoms with E-state index in [9.17, 15) is 4.79 Å². The summed E-state index contributed by atoms with van der Waals surface area (Å²) in [5, 5.41) is 9.67. The van der Waals surface area contributed by atoms with Crippen LogP contribution in [0.15, 0.2) is 66.4 Å². The van der Waals surface area contributed by atoms with Crippen LogP contribution in [0.1, 0.15) is 34.7 Å². The van der Waals surface area contributed by atoms with E-state index in [1.54, 1.807) is 22.5 Å². The number of carbonyl (C=O) groups is 1. The van der Waals surface area contributed by atoms with Crippen molar-refractivity contribution in [3.05, 3.63) is 83.4 Å². The first-order valence-corrected chi connectivity index (χ1v) is 10.3. The van der Waals surface area contributed by atoms with Crippen LogP contribution < -0.4 is 10.1 Å². The monoisotopic (exact) mass is 419 g/mol. The minimum atomic E-state index is -0.214. The molecule has 4 aromatic rings. The van der Waals surface area contributed by atoms with Gasteiger partial charge in [0.15, 0.2) is 0 Å². The first-order valence-electron chi connectivity index (χ1n) is 9.46. The van der Waals surface area contributed by atoms with Gasteiger partial charge in [-0.25, -0.2) is 4.98 Å². The zero-order chi connectivity index (χ0) is 20.9. The molecule has 1 aromatic carbocycles. The lowest BCUT2D eigenvalue weighted by molar-refractivity contribution is 0.0935. The van der Waals surface area contributed by atoms with Crippen molar-refractivity contribution in [2.24, 2.45) is 7.05 Å². The molecule has 0 fully saturated rings. The Morgan fingerprint density at radius 1 is 1.27 bits per heavy atom. The molecular formula is C22H21N5O2S. The van der Waals surface area contributed by atoms with Gasteiger partial charge >= 0.3 is 0 Å². The minimum Gasteiger partial charge on any atom is -0.487 e. The fourth-order valence-electron chi connectivity index (χ4n) is 2.91. The van der Waals surface area contributed by atoms with E-state index in [2.05, 4.69) is 20.4 Å². The highest BCUT2D eigenvalue weighted by Crippen LogP contribution is 2.24. The second-order valence-corrected chi connectivity index (χ2v) is 7.68. The number of aromatic nitrogens is 4. The Kier molecular flexibility index (Phi) is 5.85. The summed E-state index contributed by atoms with van der Waals surface area (Å²) in [5.41, 5.74) is 3.10. The van der Waals surface area contributed by atoms with E-state index >= 15 is 0 Å². The predicted molar refractivity (Wildman–Crippen MR) is 115 cm³/mol. The molecule has 1 N–H and O–H groups in total. The highest BCUT2D eigenvalue weighted by atomic mass is 32.1. The Hall–Kier alpha value is -3.52. The van der Waals surface area contributed by atoms with Gasteiger partial charge in [-0.3, -0.25) is 14.5 Å². The summed E-state index contributed by atoms with van der Waals surface area (Å²) in [7, 11) is 1.85. The van der Waals surface area contributed by atoms with Crippen LogP contribution in [0.25, 0.3) is 10.6 Å². The van der Waals surface area contributed by atoms with Gasteiger partial charge in [0, 0.05) is 30.4 Å². The number of nitrogens with zero attached hydrogens (tertiary/aromatic N) is 4. The highest BCUT2D eigenvalue weighted by Gasteiger charge is 2.16. The fraction of sp³-hybridized carbons (Fsp3) is 0.182. The van der Waals surface area contributed by atoms with Crippen LogP contribution >= 0.6 is 11.3 Å². The summed E-state index contributed by atoms with van der Waals surface area (Å²) in [6, 6.07) is 13.2. The molecule has 1 atom stereocenters. The Bertz CT molecular complexity index is 1140. The average molecular weight is 420 g/mol. The quantitative estimate of drug-likeness (QED) is 0.489. The van der Waals surface area contributed by atoms with Crippen molar-refractivity contribution in [3.8, 4) is 16.3 Å². The van der Waals surface area contributed by atoms with Gasteiger partial charge in [-0.15, -0.1) is 11.3 Å². The van der Waals surface area contributed by atoms with Crippen LogP contribution in [-0.4, -0.2) is 25.7 Å². The largest absolute Gasteiger partial charge is 0.487 e. The van der Waals surface area contributed by atoms with Gasteiger partial charge in [-0.1, -0.05) is 18.2 Å². The topological polar surface area (TPSA) is 81.9 Å². The van der Waals surface area contributed by atoms with E-state index in [0.29, 0.717) is 12.3 Å². The molecule has 0 saturated heterocycles. The third-order valence-corrected chi connectivity index (χ3v) is 5.40. The first-order chi connectivity index (χ1) is 14.6. The van der Waals surface area contributed by atoms with Crippen LogP contribution in [0.2, 0.25) is 0 Å². The van der Waals surface area contributed by atoms with Crippen molar-refractivity contribution >= 4 is 17.2 Å². The maximum atomic E-state index is 12.6. The summed E-state index contributed by atoms with van der Waals surface area (Å²) in [5.74, 6) is 0.514. The second-order valence-electron chi connectivity index (χ2n) is 6.82. The maximum Gasteiger partial charge on any atom is 0.271 e. The van der Waals surface area contributed by atoms with Gasteiger partial charge in [0.05, 0.1) is 17.9 Å². The summed E-state index contributed by atoms with van der Waals surface area (Å²) in [4.78, 5) is 21.3. The Balaban J connectivity index is 1.39.